The van der Waals surface area contributed by atoms with E-state index >= 15 is 0 Å². The molecular weight excluding hydrogens is 358 g/mol. The highest BCUT2D eigenvalue weighted by molar-refractivity contribution is 9.10. The molecule has 18 heavy (non-hydrogen) atoms. The van der Waals surface area contributed by atoms with Crippen molar-refractivity contribution in [1.29, 1.82) is 0 Å². The van der Waals surface area contributed by atoms with E-state index in [2.05, 4.69) is 21.2 Å². The summed E-state index contributed by atoms with van der Waals surface area (Å²) in [5.74, 6) is 0. The maximum Gasteiger partial charge on any atom is 0.0764 e. The van der Waals surface area contributed by atoms with Gasteiger partial charge in [-0.25, -0.2) is 0 Å². The Kier molecular flexibility index (Phi) is 4.28. The molecule has 0 amide bonds. The second-order valence-corrected chi connectivity index (χ2v) is 5.71. The summed E-state index contributed by atoms with van der Waals surface area (Å²) in [6, 6.07) is 8.66. The van der Waals surface area contributed by atoms with Crippen molar-refractivity contribution in [2.45, 2.75) is 0 Å². The quantitative estimate of drug-likeness (QED) is 0.666. The Labute approximate surface area is 128 Å². The average molecular weight is 366 g/mol. The van der Waals surface area contributed by atoms with E-state index in [1.807, 2.05) is 6.07 Å². The predicted octanol–water partition coefficient (Wildman–Crippen LogP) is 5.74. The van der Waals surface area contributed by atoms with E-state index in [4.69, 9.17) is 40.5 Å². The Morgan fingerprint density at radius 3 is 2.22 bits per heavy atom. The van der Waals surface area contributed by atoms with Gasteiger partial charge in [-0.1, -0.05) is 34.8 Å². The van der Waals surface area contributed by atoms with Crippen molar-refractivity contribution in [3.05, 3.63) is 49.9 Å². The van der Waals surface area contributed by atoms with Gasteiger partial charge in [0, 0.05) is 15.2 Å². The minimum atomic E-state index is 0.451. The molecule has 0 atom stereocenters. The van der Waals surface area contributed by atoms with Crippen LogP contribution in [-0.4, -0.2) is 0 Å². The third kappa shape index (κ3) is 3.04. The summed E-state index contributed by atoms with van der Waals surface area (Å²) in [5.41, 5.74) is 7.53. The first-order valence-electron chi connectivity index (χ1n) is 4.94. The summed E-state index contributed by atoms with van der Waals surface area (Å²) in [7, 11) is 0. The Bertz CT molecular complexity index is 579. The van der Waals surface area contributed by atoms with E-state index in [0.29, 0.717) is 26.4 Å². The summed E-state index contributed by atoms with van der Waals surface area (Å²) in [6.07, 6.45) is 0. The van der Waals surface area contributed by atoms with E-state index < -0.39 is 0 Å². The maximum atomic E-state index is 6.10. The minimum Gasteiger partial charge on any atom is -0.399 e. The van der Waals surface area contributed by atoms with Crippen LogP contribution in [0.5, 0.6) is 0 Å². The molecule has 0 bridgehead atoms. The third-order valence-corrected chi connectivity index (χ3v) is 3.78. The molecule has 2 aromatic carbocycles. The highest BCUT2D eigenvalue weighted by Crippen LogP contribution is 2.37. The third-order valence-electron chi connectivity index (χ3n) is 2.25. The molecular formula is C12H8BrCl3N2. The molecule has 0 radical (unpaired) electrons. The predicted molar refractivity (Wildman–Crippen MR) is 83.3 cm³/mol. The van der Waals surface area contributed by atoms with Gasteiger partial charge in [0.1, 0.15) is 0 Å². The second kappa shape index (κ2) is 5.57. The van der Waals surface area contributed by atoms with E-state index in [0.717, 1.165) is 10.2 Å². The SMILES string of the molecule is Nc1cc(Cl)c(Nc2cc(Cl)ccc2Br)c(Cl)c1. The number of rotatable bonds is 2. The molecule has 94 valence electrons. The Morgan fingerprint density at radius 2 is 1.61 bits per heavy atom. The van der Waals surface area contributed by atoms with Crippen LogP contribution in [0.1, 0.15) is 0 Å². The topological polar surface area (TPSA) is 38.0 Å². The van der Waals surface area contributed by atoms with Gasteiger partial charge in [0.2, 0.25) is 0 Å². The lowest BCUT2D eigenvalue weighted by molar-refractivity contribution is 1.52. The fourth-order valence-corrected chi connectivity index (χ4v) is 2.56. The number of hydrogen-bond acceptors (Lipinski definition) is 2. The molecule has 0 heterocycles. The van der Waals surface area contributed by atoms with Crippen molar-refractivity contribution >= 4 is 67.8 Å². The largest absolute Gasteiger partial charge is 0.399 e. The number of nitrogens with one attached hydrogen (secondary N) is 1. The molecule has 2 aromatic rings. The van der Waals surface area contributed by atoms with Gasteiger partial charge in [0.05, 0.1) is 21.4 Å². The van der Waals surface area contributed by atoms with Crippen LogP contribution >= 0.6 is 50.7 Å². The Balaban J connectivity index is 2.43. The molecule has 0 aliphatic carbocycles. The highest BCUT2D eigenvalue weighted by Gasteiger charge is 2.09. The number of nitrogen functional groups attached to an aromatic ring is 1. The van der Waals surface area contributed by atoms with Gasteiger partial charge in [-0.15, -0.1) is 0 Å². The van der Waals surface area contributed by atoms with Crippen molar-refractivity contribution in [1.82, 2.24) is 0 Å². The number of hydrogen-bond donors (Lipinski definition) is 2. The molecule has 0 saturated carbocycles. The zero-order valence-corrected chi connectivity index (χ0v) is 12.8. The molecule has 0 spiro atoms. The molecule has 0 unspecified atom stereocenters. The molecule has 6 heteroatoms. The first kappa shape index (κ1) is 13.8. The van der Waals surface area contributed by atoms with Crippen LogP contribution in [-0.2, 0) is 0 Å². The van der Waals surface area contributed by atoms with E-state index in [9.17, 15) is 0 Å². The fourth-order valence-electron chi connectivity index (χ4n) is 1.44. The molecule has 0 aliphatic heterocycles. The molecule has 2 rings (SSSR count). The van der Waals surface area contributed by atoms with Crippen molar-refractivity contribution in [3.63, 3.8) is 0 Å². The zero-order valence-electron chi connectivity index (χ0n) is 8.98. The first-order valence-corrected chi connectivity index (χ1v) is 6.86. The van der Waals surface area contributed by atoms with E-state index in [1.54, 1.807) is 24.3 Å². The van der Waals surface area contributed by atoms with Crippen LogP contribution in [0.3, 0.4) is 0 Å². The monoisotopic (exact) mass is 364 g/mol. The number of anilines is 3. The Hall–Kier alpha value is -0.610. The number of nitrogens with two attached hydrogens (primary N) is 1. The van der Waals surface area contributed by atoms with E-state index in [1.165, 1.54) is 0 Å². The number of benzene rings is 2. The van der Waals surface area contributed by atoms with Crippen molar-refractivity contribution in [3.8, 4) is 0 Å². The molecule has 0 fully saturated rings. The average Bonchev–Trinajstić information content (AvgIpc) is 2.28. The minimum absolute atomic E-state index is 0.451. The van der Waals surface area contributed by atoms with Gasteiger partial charge in [0.25, 0.3) is 0 Å². The van der Waals surface area contributed by atoms with Gasteiger partial charge in [-0.3, -0.25) is 0 Å². The molecule has 0 aliphatic rings. The van der Waals surface area contributed by atoms with Crippen LogP contribution in [0.25, 0.3) is 0 Å². The smallest absolute Gasteiger partial charge is 0.0764 e. The van der Waals surface area contributed by atoms with Gasteiger partial charge in [-0.2, -0.15) is 0 Å². The van der Waals surface area contributed by atoms with Gasteiger partial charge >= 0.3 is 0 Å². The highest BCUT2D eigenvalue weighted by atomic mass is 79.9. The van der Waals surface area contributed by atoms with Crippen molar-refractivity contribution in [2.75, 3.05) is 11.1 Å². The van der Waals surface area contributed by atoms with Crippen LogP contribution < -0.4 is 11.1 Å². The molecule has 3 N–H and O–H groups in total. The van der Waals surface area contributed by atoms with Crippen LogP contribution in [0, 0.1) is 0 Å². The van der Waals surface area contributed by atoms with Gasteiger partial charge in [-0.05, 0) is 46.3 Å². The number of halogens is 4. The molecule has 2 nitrogen and oxygen atoms in total. The van der Waals surface area contributed by atoms with Gasteiger partial charge < -0.3 is 11.1 Å². The summed E-state index contributed by atoms with van der Waals surface area (Å²) >= 11 is 21.6. The lowest BCUT2D eigenvalue weighted by Crippen LogP contribution is -1.95. The molecule has 0 aromatic heterocycles. The van der Waals surface area contributed by atoms with Crippen LogP contribution in [0.4, 0.5) is 17.1 Å². The fraction of sp³-hybridized carbons (Fsp3) is 0. The normalized spacial score (nSPS) is 10.4. The lowest BCUT2D eigenvalue weighted by atomic mass is 10.2. The lowest BCUT2D eigenvalue weighted by Gasteiger charge is -2.13. The summed E-state index contributed by atoms with van der Waals surface area (Å²) < 4.78 is 0.857. The maximum absolute atomic E-state index is 6.10. The summed E-state index contributed by atoms with van der Waals surface area (Å²) in [5, 5.41) is 4.64. The Morgan fingerprint density at radius 1 is 1.00 bits per heavy atom. The van der Waals surface area contributed by atoms with Crippen molar-refractivity contribution in [2.24, 2.45) is 0 Å². The van der Waals surface area contributed by atoms with Crippen molar-refractivity contribution < 1.29 is 0 Å². The van der Waals surface area contributed by atoms with Gasteiger partial charge in [0.15, 0.2) is 0 Å². The molecule has 0 saturated heterocycles. The zero-order chi connectivity index (χ0) is 13.3. The standard InChI is InChI=1S/C12H8BrCl3N2/c13-8-2-1-6(14)3-11(8)18-12-9(15)4-7(17)5-10(12)16/h1-5,18H,17H2. The first-order chi connectivity index (χ1) is 8.47. The summed E-state index contributed by atoms with van der Waals surface area (Å²) in [4.78, 5) is 0. The summed E-state index contributed by atoms with van der Waals surface area (Å²) in [6.45, 7) is 0. The van der Waals surface area contributed by atoms with Crippen LogP contribution in [0.15, 0.2) is 34.8 Å². The second-order valence-electron chi connectivity index (χ2n) is 3.61. The van der Waals surface area contributed by atoms with Crippen LogP contribution in [0.2, 0.25) is 15.1 Å². The van der Waals surface area contributed by atoms with E-state index in [-0.39, 0.29) is 0 Å².